The summed E-state index contributed by atoms with van der Waals surface area (Å²) in [6.07, 6.45) is 0.144. The number of amides is 2. The third-order valence-electron chi connectivity index (χ3n) is 4.38. The SMILES string of the molecule is Cc1cc(C)c(NC(=O)CNS(=O)(=O)c2ccc3c(c2)CC(=O)N3)c(C)c1. The molecular formula is C19H21N3O4S. The molecule has 27 heavy (non-hydrogen) atoms. The first kappa shape index (κ1) is 19.1. The lowest BCUT2D eigenvalue weighted by molar-refractivity contribution is -0.115. The quantitative estimate of drug-likeness (QED) is 0.730. The lowest BCUT2D eigenvalue weighted by Crippen LogP contribution is -2.33. The highest BCUT2D eigenvalue weighted by Gasteiger charge is 2.22. The van der Waals surface area contributed by atoms with Gasteiger partial charge in [-0.15, -0.1) is 0 Å². The lowest BCUT2D eigenvalue weighted by Gasteiger charge is -2.13. The summed E-state index contributed by atoms with van der Waals surface area (Å²) in [4.78, 5) is 23.6. The van der Waals surface area contributed by atoms with Crippen LogP contribution in [0.2, 0.25) is 0 Å². The highest BCUT2D eigenvalue weighted by atomic mass is 32.2. The van der Waals surface area contributed by atoms with Gasteiger partial charge < -0.3 is 10.6 Å². The Morgan fingerprint density at radius 2 is 1.78 bits per heavy atom. The van der Waals surface area contributed by atoms with Crippen molar-refractivity contribution in [1.82, 2.24) is 4.72 Å². The standard InChI is InChI=1S/C19H21N3O4S/c1-11-6-12(2)19(13(3)7-11)22-18(24)10-20-27(25,26)15-4-5-16-14(8-15)9-17(23)21-16/h4-8,20H,9-10H2,1-3H3,(H,21,23)(H,22,24). The number of carbonyl (C=O) groups excluding carboxylic acids is 2. The maximum Gasteiger partial charge on any atom is 0.241 e. The van der Waals surface area contributed by atoms with Crippen LogP contribution in [0.15, 0.2) is 35.2 Å². The Labute approximate surface area is 158 Å². The molecule has 3 N–H and O–H groups in total. The predicted octanol–water partition coefficient (Wildman–Crippen LogP) is 2.02. The largest absolute Gasteiger partial charge is 0.326 e. The number of sulfonamides is 1. The monoisotopic (exact) mass is 387 g/mol. The summed E-state index contributed by atoms with van der Waals surface area (Å²) in [7, 11) is -3.86. The van der Waals surface area contributed by atoms with E-state index in [0.717, 1.165) is 16.7 Å². The van der Waals surface area contributed by atoms with Gasteiger partial charge in [0.15, 0.2) is 0 Å². The van der Waals surface area contributed by atoms with Gasteiger partial charge in [0, 0.05) is 11.4 Å². The van der Waals surface area contributed by atoms with E-state index in [1.54, 1.807) is 6.07 Å². The highest BCUT2D eigenvalue weighted by Crippen LogP contribution is 2.26. The molecule has 7 nitrogen and oxygen atoms in total. The number of nitrogens with one attached hydrogen (secondary N) is 3. The van der Waals surface area contributed by atoms with Crippen molar-refractivity contribution in [3.8, 4) is 0 Å². The molecule has 0 fully saturated rings. The van der Waals surface area contributed by atoms with Crippen LogP contribution in [0, 0.1) is 20.8 Å². The molecule has 0 saturated heterocycles. The summed E-state index contributed by atoms with van der Waals surface area (Å²) >= 11 is 0. The fourth-order valence-corrected chi connectivity index (χ4v) is 4.21. The van der Waals surface area contributed by atoms with Gasteiger partial charge in [0.1, 0.15) is 0 Å². The van der Waals surface area contributed by atoms with Crippen LogP contribution in [0.25, 0.3) is 0 Å². The van der Waals surface area contributed by atoms with Gasteiger partial charge in [-0.3, -0.25) is 9.59 Å². The van der Waals surface area contributed by atoms with Crippen LogP contribution in [0.3, 0.4) is 0 Å². The van der Waals surface area contributed by atoms with E-state index < -0.39 is 15.9 Å². The first-order chi connectivity index (χ1) is 12.7. The number of benzene rings is 2. The molecule has 1 aliphatic rings. The van der Waals surface area contributed by atoms with Gasteiger partial charge in [0.05, 0.1) is 17.9 Å². The fourth-order valence-electron chi connectivity index (χ4n) is 3.18. The molecule has 0 unspecified atom stereocenters. The van der Waals surface area contributed by atoms with Crippen molar-refractivity contribution in [3.05, 3.63) is 52.6 Å². The van der Waals surface area contributed by atoms with Crippen molar-refractivity contribution in [2.45, 2.75) is 32.1 Å². The van der Waals surface area contributed by atoms with E-state index in [1.165, 1.54) is 12.1 Å². The zero-order chi connectivity index (χ0) is 19.8. The third kappa shape index (κ3) is 4.17. The topological polar surface area (TPSA) is 104 Å². The van der Waals surface area contributed by atoms with Crippen molar-refractivity contribution >= 4 is 33.2 Å². The molecule has 0 atom stereocenters. The van der Waals surface area contributed by atoms with Crippen LogP contribution in [-0.4, -0.2) is 26.8 Å². The molecule has 0 saturated carbocycles. The molecule has 0 radical (unpaired) electrons. The summed E-state index contributed by atoms with van der Waals surface area (Å²) < 4.78 is 27.2. The molecule has 142 valence electrons. The maximum atomic E-state index is 12.5. The van der Waals surface area contributed by atoms with Gasteiger partial charge in [-0.2, -0.15) is 0 Å². The van der Waals surface area contributed by atoms with E-state index in [2.05, 4.69) is 15.4 Å². The van der Waals surface area contributed by atoms with E-state index >= 15 is 0 Å². The number of carbonyl (C=O) groups is 2. The van der Waals surface area contributed by atoms with Crippen molar-refractivity contribution in [2.24, 2.45) is 0 Å². The minimum absolute atomic E-state index is 0.0215. The number of hydrogen-bond donors (Lipinski definition) is 3. The van der Waals surface area contributed by atoms with Crippen molar-refractivity contribution in [2.75, 3.05) is 17.2 Å². The Morgan fingerprint density at radius 3 is 2.44 bits per heavy atom. The normalized spacial score (nSPS) is 13.2. The van der Waals surface area contributed by atoms with Crippen LogP contribution in [0.4, 0.5) is 11.4 Å². The smallest absolute Gasteiger partial charge is 0.241 e. The minimum Gasteiger partial charge on any atom is -0.326 e. The van der Waals surface area contributed by atoms with E-state index in [0.29, 0.717) is 16.9 Å². The summed E-state index contributed by atoms with van der Waals surface area (Å²) in [6, 6.07) is 8.30. The van der Waals surface area contributed by atoms with Crippen LogP contribution < -0.4 is 15.4 Å². The van der Waals surface area contributed by atoms with Gasteiger partial charge >= 0.3 is 0 Å². The summed E-state index contributed by atoms with van der Waals surface area (Å²) in [5, 5.41) is 5.41. The second-order valence-electron chi connectivity index (χ2n) is 6.69. The number of rotatable bonds is 5. The summed E-state index contributed by atoms with van der Waals surface area (Å²) in [6.45, 7) is 5.36. The molecule has 0 bridgehead atoms. The molecule has 0 aliphatic carbocycles. The van der Waals surface area contributed by atoms with E-state index in [1.807, 2.05) is 32.9 Å². The molecule has 2 aromatic carbocycles. The van der Waals surface area contributed by atoms with Crippen LogP contribution >= 0.6 is 0 Å². The zero-order valence-corrected chi connectivity index (χ0v) is 16.2. The zero-order valence-electron chi connectivity index (χ0n) is 15.3. The van der Waals surface area contributed by atoms with Gasteiger partial charge in [-0.05, 0) is 55.7 Å². The Morgan fingerprint density at radius 1 is 1.11 bits per heavy atom. The number of anilines is 2. The molecule has 1 aliphatic heterocycles. The van der Waals surface area contributed by atoms with Crippen LogP contribution in [0.1, 0.15) is 22.3 Å². The molecule has 0 spiro atoms. The Kier molecular flexibility index (Phi) is 5.03. The number of aryl methyl sites for hydroxylation is 3. The molecule has 3 rings (SSSR count). The molecule has 8 heteroatoms. The second-order valence-corrected chi connectivity index (χ2v) is 8.46. The van der Waals surface area contributed by atoms with E-state index in [9.17, 15) is 18.0 Å². The Hall–Kier alpha value is -2.71. The first-order valence-corrected chi connectivity index (χ1v) is 9.94. The number of fused-ring (bicyclic) bond motifs is 1. The van der Waals surface area contributed by atoms with Crippen LogP contribution in [0.5, 0.6) is 0 Å². The minimum atomic E-state index is -3.86. The lowest BCUT2D eigenvalue weighted by atomic mass is 10.1. The van der Waals surface area contributed by atoms with E-state index in [4.69, 9.17) is 0 Å². The third-order valence-corrected chi connectivity index (χ3v) is 5.78. The number of hydrogen-bond acceptors (Lipinski definition) is 4. The molecular weight excluding hydrogens is 366 g/mol. The Balaban J connectivity index is 1.68. The summed E-state index contributed by atoms with van der Waals surface area (Å²) in [5.41, 5.74) is 4.85. The summed E-state index contributed by atoms with van der Waals surface area (Å²) in [5.74, 6) is -0.623. The maximum absolute atomic E-state index is 12.5. The van der Waals surface area contributed by atoms with Crippen molar-refractivity contribution < 1.29 is 18.0 Å². The van der Waals surface area contributed by atoms with Gasteiger partial charge in [-0.1, -0.05) is 17.7 Å². The fraction of sp³-hybridized carbons (Fsp3) is 0.263. The average molecular weight is 387 g/mol. The molecule has 1 heterocycles. The highest BCUT2D eigenvalue weighted by molar-refractivity contribution is 7.89. The van der Waals surface area contributed by atoms with Gasteiger partial charge in [0.2, 0.25) is 21.8 Å². The molecule has 2 aromatic rings. The second kappa shape index (κ2) is 7.13. The predicted molar refractivity (Wildman–Crippen MR) is 103 cm³/mol. The average Bonchev–Trinajstić information content (AvgIpc) is 2.95. The van der Waals surface area contributed by atoms with Crippen LogP contribution in [-0.2, 0) is 26.0 Å². The molecule has 2 amide bonds. The Bertz CT molecular complexity index is 1020. The van der Waals surface area contributed by atoms with Gasteiger partial charge in [-0.25, -0.2) is 13.1 Å². The molecule has 0 aromatic heterocycles. The van der Waals surface area contributed by atoms with Gasteiger partial charge in [0.25, 0.3) is 0 Å². The van der Waals surface area contributed by atoms with Crippen molar-refractivity contribution in [3.63, 3.8) is 0 Å². The van der Waals surface area contributed by atoms with E-state index in [-0.39, 0.29) is 23.8 Å². The first-order valence-electron chi connectivity index (χ1n) is 8.46. The van der Waals surface area contributed by atoms with Crippen molar-refractivity contribution in [1.29, 1.82) is 0 Å².